The average Bonchev–Trinajstić information content (AvgIpc) is 3.36. The molecule has 1 fully saturated rings. The number of carbonyl (C=O) groups excluding carboxylic acids is 1. The minimum Gasteiger partial charge on any atom is -0.491 e. The highest BCUT2D eigenvalue weighted by molar-refractivity contribution is 7.92. The third kappa shape index (κ3) is 7.68. The van der Waals surface area contributed by atoms with Crippen molar-refractivity contribution >= 4 is 15.9 Å². The number of carbonyl (C=O) groups is 1. The van der Waals surface area contributed by atoms with Gasteiger partial charge in [0.2, 0.25) is 5.79 Å². The third-order valence-corrected chi connectivity index (χ3v) is 9.63. The van der Waals surface area contributed by atoms with Crippen molar-refractivity contribution in [3.63, 3.8) is 0 Å². The molecule has 1 amide bonds. The Morgan fingerprint density at radius 1 is 1.00 bits per heavy atom. The summed E-state index contributed by atoms with van der Waals surface area (Å²) in [5, 5.41) is -0.474. The molecule has 0 unspecified atom stereocenters. The largest absolute Gasteiger partial charge is 0.491 e. The molecule has 0 radical (unpaired) electrons. The van der Waals surface area contributed by atoms with Crippen LogP contribution in [0.1, 0.15) is 56.1 Å². The Balaban J connectivity index is 1.03. The van der Waals surface area contributed by atoms with Crippen molar-refractivity contribution in [2.45, 2.75) is 69.4 Å². The molecule has 0 aromatic heterocycles. The summed E-state index contributed by atoms with van der Waals surface area (Å²) in [5.41, 5.74) is 3.77. The first-order valence-electron chi connectivity index (χ1n) is 14.5. The predicted molar refractivity (Wildman–Crippen MR) is 161 cm³/mol. The lowest BCUT2D eigenvalue weighted by molar-refractivity contribution is -0.180. The first-order chi connectivity index (χ1) is 20.5. The van der Waals surface area contributed by atoms with Gasteiger partial charge < -0.3 is 28.6 Å². The SMILES string of the molecule is CC(C)S(=O)(=O)c1cccc(COCCOc2ccc(CCN3C[C@@H](c4ccc5c(c4)COC(C)(C)O5)OC3=O)cc2)c1. The predicted octanol–water partition coefficient (Wildman–Crippen LogP) is 5.85. The van der Waals surface area contributed by atoms with Gasteiger partial charge in [0.05, 0.1) is 36.5 Å². The molecule has 5 rings (SSSR count). The van der Waals surface area contributed by atoms with E-state index < -0.39 is 20.9 Å². The van der Waals surface area contributed by atoms with Gasteiger partial charge in [-0.3, -0.25) is 0 Å². The van der Waals surface area contributed by atoms with E-state index in [-0.39, 0.29) is 12.2 Å². The van der Waals surface area contributed by atoms with E-state index in [0.29, 0.717) is 50.8 Å². The van der Waals surface area contributed by atoms with Crippen LogP contribution in [0.25, 0.3) is 0 Å². The van der Waals surface area contributed by atoms with Crippen LogP contribution >= 0.6 is 0 Å². The van der Waals surface area contributed by atoms with Crippen LogP contribution < -0.4 is 9.47 Å². The second-order valence-corrected chi connectivity index (χ2v) is 14.0. The molecule has 9 nitrogen and oxygen atoms in total. The second-order valence-electron chi connectivity index (χ2n) is 11.5. The van der Waals surface area contributed by atoms with Crippen LogP contribution in [0.3, 0.4) is 0 Å². The molecule has 0 bridgehead atoms. The second kappa shape index (κ2) is 13.0. The quantitative estimate of drug-likeness (QED) is 0.236. The van der Waals surface area contributed by atoms with E-state index in [9.17, 15) is 13.2 Å². The third-order valence-electron chi connectivity index (χ3n) is 7.48. The molecule has 10 heteroatoms. The molecule has 2 aliphatic heterocycles. The number of fused-ring (bicyclic) bond motifs is 1. The number of nitrogens with zero attached hydrogens (tertiary/aromatic N) is 1. The summed E-state index contributed by atoms with van der Waals surface area (Å²) in [6.07, 6.45) is 0.0462. The summed E-state index contributed by atoms with van der Waals surface area (Å²) in [5.74, 6) is 0.867. The molecular formula is C33H39NO8S. The molecule has 0 saturated carbocycles. The van der Waals surface area contributed by atoms with Gasteiger partial charge in [0.25, 0.3) is 0 Å². The maximum absolute atomic E-state index is 12.6. The van der Waals surface area contributed by atoms with Gasteiger partial charge in [0.15, 0.2) is 9.84 Å². The van der Waals surface area contributed by atoms with Crippen LogP contribution in [0.2, 0.25) is 0 Å². The molecule has 230 valence electrons. The molecule has 3 aromatic carbocycles. The van der Waals surface area contributed by atoms with E-state index in [0.717, 1.165) is 33.8 Å². The van der Waals surface area contributed by atoms with Gasteiger partial charge in [0, 0.05) is 26.0 Å². The van der Waals surface area contributed by atoms with Crippen molar-refractivity contribution in [2.24, 2.45) is 0 Å². The minimum absolute atomic E-state index is 0.303. The fourth-order valence-electron chi connectivity index (χ4n) is 4.93. The van der Waals surface area contributed by atoms with Crippen molar-refractivity contribution in [2.75, 3.05) is 26.3 Å². The number of sulfone groups is 1. The number of rotatable bonds is 12. The van der Waals surface area contributed by atoms with Crippen LogP contribution in [-0.4, -0.2) is 56.8 Å². The summed E-state index contributed by atoms with van der Waals surface area (Å²) in [4.78, 5) is 14.6. The van der Waals surface area contributed by atoms with Gasteiger partial charge in [-0.15, -0.1) is 0 Å². The first-order valence-corrected chi connectivity index (χ1v) is 16.1. The van der Waals surface area contributed by atoms with Crippen molar-refractivity contribution in [3.05, 3.63) is 89.0 Å². The fraction of sp³-hybridized carbons (Fsp3) is 0.424. The van der Waals surface area contributed by atoms with E-state index in [4.69, 9.17) is 23.7 Å². The zero-order valence-electron chi connectivity index (χ0n) is 25.1. The molecule has 3 aromatic rings. The van der Waals surface area contributed by atoms with Crippen LogP contribution in [-0.2, 0) is 43.7 Å². The Morgan fingerprint density at radius 3 is 2.56 bits per heavy atom. The van der Waals surface area contributed by atoms with Gasteiger partial charge >= 0.3 is 6.09 Å². The van der Waals surface area contributed by atoms with Crippen LogP contribution in [0.5, 0.6) is 11.5 Å². The first kappa shape index (κ1) is 30.8. The van der Waals surface area contributed by atoms with E-state index in [1.165, 1.54) is 0 Å². The van der Waals surface area contributed by atoms with Crippen molar-refractivity contribution in [1.82, 2.24) is 4.90 Å². The van der Waals surface area contributed by atoms with Gasteiger partial charge in [-0.25, -0.2) is 13.2 Å². The number of hydrogen-bond acceptors (Lipinski definition) is 8. The lowest BCUT2D eigenvalue weighted by Crippen LogP contribution is -2.35. The zero-order chi connectivity index (χ0) is 30.6. The Morgan fingerprint density at radius 2 is 1.79 bits per heavy atom. The number of ether oxygens (including phenoxy) is 5. The van der Waals surface area contributed by atoms with Crippen molar-refractivity contribution < 1.29 is 36.9 Å². The molecule has 43 heavy (non-hydrogen) atoms. The molecule has 2 heterocycles. The molecule has 2 aliphatic rings. The molecule has 1 saturated heterocycles. The van der Waals surface area contributed by atoms with Crippen LogP contribution in [0.4, 0.5) is 4.79 Å². The van der Waals surface area contributed by atoms with E-state index >= 15 is 0 Å². The summed E-state index contributed by atoms with van der Waals surface area (Å²) in [6.45, 7) is 9.63. The zero-order valence-corrected chi connectivity index (χ0v) is 25.9. The normalized spacial score (nSPS) is 17.8. The molecule has 0 N–H and O–H groups in total. The van der Waals surface area contributed by atoms with Crippen LogP contribution in [0.15, 0.2) is 71.6 Å². The number of benzene rings is 3. The van der Waals surface area contributed by atoms with E-state index in [1.807, 2.05) is 62.4 Å². The Hall–Kier alpha value is -3.60. The van der Waals surface area contributed by atoms with E-state index in [2.05, 4.69) is 0 Å². The molecule has 1 atom stereocenters. The van der Waals surface area contributed by atoms with Crippen LogP contribution in [0, 0.1) is 0 Å². The highest BCUT2D eigenvalue weighted by Crippen LogP contribution is 2.35. The standard InChI is InChI=1S/C33H39NO8S/c1-23(2)43(36,37)29-7-5-6-25(18-29)21-38-16-17-39-28-11-8-24(9-12-28)14-15-34-20-31(41-32(34)35)26-10-13-30-27(19-26)22-40-33(3,4)42-30/h5-13,18-19,23,31H,14-17,20-22H2,1-4H3/t31-/m0/s1. The maximum atomic E-state index is 12.6. The summed E-state index contributed by atoms with van der Waals surface area (Å²) >= 11 is 0. The molecular weight excluding hydrogens is 570 g/mol. The number of cyclic esters (lactones) is 1. The summed E-state index contributed by atoms with van der Waals surface area (Å²) in [6, 6.07) is 20.5. The Bertz CT molecular complexity index is 1530. The van der Waals surface area contributed by atoms with E-state index in [1.54, 1.807) is 36.9 Å². The highest BCUT2D eigenvalue weighted by Gasteiger charge is 2.34. The van der Waals surface area contributed by atoms with Gasteiger partial charge in [-0.1, -0.05) is 30.3 Å². The fourth-order valence-corrected chi connectivity index (χ4v) is 6.06. The maximum Gasteiger partial charge on any atom is 0.410 e. The van der Waals surface area contributed by atoms with Crippen molar-refractivity contribution in [3.8, 4) is 11.5 Å². The molecule has 0 aliphatic carbocycles. The Labute approximate surface area is 253 Å². The Kier molecular flexibility index (Phi) is 9.29. The lowest BCUT2D eigenvalue weighted by Gasteiger charge is -2.32. The smallest absolute Gasteiger partial charge is 0.410 e. The minimum atomic E-state index is -3.32. The highest BCUT2D eigenvalue weighted by atomic mass is 32.2. The lowest BCUT2D eigenvalue weighted by atomic mass is 10.0. The van der Waals surface area contributed by atoms with Crippen molar-refractivity contribution in [1.29, 1.82) is 0 Å². The van der Waals surface area contributed by atoms with Gasteiger partial charge in [0.1, 0.15) is 24.2 Å². The van der Waals surface area contributed by atoms with Gasteiger partial charge in [-0.05, 0) is 73.4 Å². The topological polar surface area (TPSA) is 101 Å². The number of amides is 1. The number of hydrogen-bond donors (Lipinski definition) is 0. The average molecular weight is 610 g/mol. The summed E-state index contributed by atoms with van der Waals surface area (Å²) < 4.78 is 53.6. The molecule has 0 spiro atoms. The van der Waals surface area contributed by atoms with Gasteiger partial charge in [-0.2, -0.15) is 0 Å². The summed E-state index contributed by atoms with van der Waals surface area (Å²) in [7, 11) is -3.32. The monoisotopic (exact) mass is 609 g/mol.